The Balaban J connectivity index is 0. The Morgan fingerprint density at radius 3 is 1.67 bits per heavy atom. The predicted octanol–water partition coefficient (Wildman–Crippen LogP) is -0.939. The Hall–Kier alpha value is -0.650. The van der Waals surface area contributed by atoms with Gasteiger partial charge in [-0.3, -0.25) is 4.79 Å². The summed E-state index contributed by atoms with van der Waals surface area (Å²) in [6.45, 7) is 1.03. The van der Waals surface area contributed by atoms with Crippen molar-refractivity contribution in [3.63, 3.8) is 0 Å². The molecule has 0 aliphatic rings. The molecule has 12 heavy (non-hydrogen) atoms. The fourth-order valence-electron chi connectivity index (χ4n) is 0.423. The van der Waals surface area contributed by atoms with E-state index in [1.807, 2.05) is 0 Å². The van der Waals surface area contributed by atoms with Crippen molar-refractivity contribution < 1.29 is 25.2 Å². The highest BCUT2D eigenvalue weighted by atomic mass is 16.4. The van der Waals surface area contributed by atoms with Crippen LogP contribution in [0.2, 0.25) is 0 Å². The average molecular weight is 180 g/mol. The van der Waals surface area contributed by atoms with Gasteiger partial charge in [0.05, 0.1) is 0 Å². The third-order valence-electron chi connectivity index (χ3n) is 1.05. The normalized spacial score (nSPS) is 9.08. The molecule has 0 aliphatic heterocycles. The summed E-state index contributed by atoms with van der Waals surface area (Å²) in [5.74, 6) is -0.972. The maximum absolute atomic E-state index is 9.00. The highest BCUT2D eigenvalue weighted by Crippen LogP contribution is 1.97. The first-order valence-electron chi connectivity index (χ1n) is 3.60. The van der Waals surface area contributed by atoms with Crippen LogP contribution in [0.1, 0.15) is 13.3 Å². The molecule has 5 heteroatoms. The van der Waals surface area contributed by atoms with Gasteiger partial charge < -0.3 is 20.4 Å². The summed E-state index contributed by atoms with van der Waals surface area (Å²) in [5, 5.41) is 32.5. The van der Waals surface area contributed by atoms with Gasteiger partial charge in [0.25, 0.3) is 5.97 Å². The minimum Gasteiger partial charge on any atom is -0.481 e. The molecule has 0 saturated carbocycles. The van der Waals surface area contributed by atoms with Crippen LogP contribution in [0, 0.1) is 5.92 Å². The molecule has 0 aromatic heterocycles. The van der Waals surface area contributed by atoms with Crippen molar-refractivity contribution in [2.45, 2.75) is 13.3 Å². The van der Waals surface area contributed by atoms with Crippen LogP contribution in [-0.2, 0) is 4.79 Å². The van der Waals surface area contributed by atoms with Crippen molar-refractivity contribution in [2.75, 3.05) is 19.8 Å². The van der Waals surface area contributed by atoms with Crippen LogP contribution < -0.4 is 0 Å². The molecule has 0 aromatic carbocycles. The van der Waals surface area contributed by atoms with Gasteiger partial charge in [-0.25, -0.2) is 0 Å². The van der Waals surface area contributed by atoms with Crippen molar-refractivity contribution >= 4 is 5.97 Å². The first-order chi connectivity index (χ1) is 5.58. The number of hydrogen-bond donors (Lipinski definition) is 4. The van der Waals surface area contributed by atoms with Gasteiger partial charge in [-0.15, -0.1) is 0 Å². The largest absolute Gasteiger partial charge is 0.481 e. The predicted molar refractivity (Wildman–Crippen MR) is 42.7 cm³/mol. The zero-order chi connectivity index (χ0) is 9.98. The second-order valence-corrected chi connectivity index (χ2v) is 2.26. The van der Waals surface area contributed by atoms with Gasteiger partial charge in [-0.05, 0) is 6.42 Å². The first-order valence-corrected chi connectivity index (χ1v) is 3.60. The van der Waals surface area contributed by atoms with Crippen molar-refractivity contribution in [3.8, 4) is 0 Å². The van der Waals surface area contributed by atoms with Crippen molar-refractivity contribution in [3.05, 3.63) is 0 Å². The number of aliphatic hydroxyl groups is 3. The van der Waals surface area contributed by atoms with Crippen LogP contribution in [0.15, 0.2) is 0 Å². The number of carboxylic acids is 1. The lowest BCUT2D eigenvalue weighted by atomic mass is 10.1. The first kappa shape index (κ1) is 13.9. The lowest BCUT2D eigenvalue weighted by Gasteiger charge is -2.06. The molecule has 0 bridgehead atoms. The number of aliphatic hydroxyl groups excluding tert-OH is 3. The molecule has 0 radical (unpaired) electrons. The SMILES string of the molecule is CC(=O)O.OCCC(CO)CO. The summed E-state index contributed by atoms with van der Waals surface area (Å²) in [6, 6.07) is 0. The van der Waals surface area contributed by atoms with Gasteiger partial charge in [0.15, 0.2) is 0 Å². The molecule has 0 aliphatic carbocycles. The zero-order valence-corrected chi connectivity index (χ0v) is 7.10. The summed E-state index contributed by atoms with van der Waals surface area (Å²) in [6.07, 6.45) is 0.479. The molecule has 0 unspecified atom stereocenters. The molecular formula is C7H16O5. The van der Waals surface area contributed by atoms with E-state index in [1.54, 1.807) is 0 Å². The third kappa shape index (κ3) is 16.2. The summed E-state index contributed by atoms with van der Waals surface area (Å²) < 4.78 is 0. The van der Waals surface area contributed by atoms with Crippen LogP contribution in [0.5, 0.6) is 0 Å². The molecule has 0 heterocycles. The molecule has 0 saturated heterocycles. The maximum atomic E-state index is 9.00. The number of hydrogen-bond acceptors (Lipinski definition) is 4. The average Bonchev–Trinajstić information content (AvgIpc) is 1.99. The molecule has 0 atom stereocenters. The van der Waals surface area contributed by atoms with Gasteiger partial charge in [0.2, 0.25) is 0 Å². The standard InChI is InChI=1S/C5H12O3.C2H4O2/c6-2-1-5(3-7)4-8;1-2(3)4/h5-8H,1-4H2;1H3,(H,3,4). The van der Waals surface area contributed by atoms with Crippen LogP contribution in [0.25, 0.3) is 0 Å². The quantitative estimate of drug-likeness (QED) is 0.447. The van der Waals surface area contributed by atoms with E-state index in [0.29, 0.717) is 6.42 Å². The summed E-state index contributed by atoms with van der Waals surface area (Å²) in [7, 11) is 0. The second-order valence-electron chi connectivity index (χ2n) is 2.26. The Morgan fingerprint density at radius 2 is 1.58 bits per heavy atom. The van der Waals surface area contributed by atoms with E-state index in [1.165, 1.54) is 0 Å². The lowest BCUT2D eigenvalue weighted by molar-refractivity contribution is -0.134. The Bertz CT molecular complexity index is 96.0. The minimum absolute atomic E-state index is 0.0335. The van der Waals surface area contributed by atoms with Crippen molar-refractivity contribution in [1.29, 1.82) is 0 Å². The van der Waals surface area contributed by atoms with Crippen LogP contribution >= 0.6 is 0 Å². The number of aliphatic carboxylic acids is 1. The Morgan fingerprint density at radius 1 is 1.25 bits per heavy atom. The Labute approximate surface area is 71.3 Å². The van der Waals surface area contributed by atoms with Crippen molar-refractivity contribution in [1.82, 2.24) is 0 Å². The molecule has 74 valence electrons. The number of rotatable bonds is 4. The second kappa shape index (κ2) is 10.3. The molecular weight excluding hydrogens is 164 g/mol. The summed E-state index contributed by atoms with van der Waals surface area (Å²) in [5.41, 5.74) is 0. The highest BCUT2D eigenvalue weighted by Gasteiger charge is 2.02. The third-order valence-corrected chi connectivity index (χ3v) is 1.05. The molecule has 4 N–H and O–H groups in total. The van der Waals surface area contributed by atoms with Gasteiger partial charge in [-0.2, -0.15) is 0 Å². The van der Waals surface area contributed by atoms with E-state index in [-0.39, 0.29) is 25.7 Å². The van der Waals surface area contributed by atoms with Crippen LogP contribution in [0.4, 0.5) is 0 Å². The fraction of sp³-hybridized carbons (Fsp3) is 0.857. The monoisotopic (exact) mass is 180 g/mol. The smallest absolute Gasteiger partial charge is 0.300 e. The number of carbonyl (C=O) groups is 1. The summed E-state index contributed by atoms with van der Waals surface area (Å²) in [4.78, 5) is 9.00. The van der Waals surface area contributed by atoms with E-state index in [2.05, 4.69) is 0 Å². The Kier molecular flexibility index (Phi) is 12.0. The van der Waals surface area contributed by atoms with E-state index in [4.69, 9.17) is 25.2 Å². The van der Waals surface area contributed by atoms with Crippen LogP contribution in [-0.4, -0.2) is 46.2 Å². The molecule has 0 rings (SSSR count). The van der Waals surface area contributed by atoms with E-state index in [0.717, 1.165) is 6.92 Å². The molecule has 0 fully saturated rings. The molecule has 0 spiro atoms. The maximum Gasteiger partial charge on any atom is 0.300 e. The minimum atomic E-state index is -0.833. The van der Waals surface area contributed by atoms with Gasteiger partial charge in [0.1, 0.15) is 0 Å². The van der Waals surface area contributed by atoms with E-state index in [9.17, 15) is 0 Å². The van der Waals surface area contributed by atoms with Crippen molar-refractivity contribution in [2.24, 2.45) is 5.92 Å². The van der Waals surface area contributed by atoms with E-state index >= 15 is 0 Å². The van der Waals surface area contributed by atoms with Gasteiger partial charge in [0, 0.05) is 32.7 Å². The van der Waals surface area contributed by atoms with Gasteiger partial charge >= 0.3 is 0 Å². The highest BCUT2D eigenvalue weighted by molar-refractivity contribution is 5.62. The fourth-order valence-corrected chi connectivity index (χ4v) is 0.423. The zero-order valence-electron chi connectivity index (χ0n) is 7.10. The topological polar surface area (TPSA) is 98.0 Å². The molecule has 0 aromatic rings. The molecule has 0 amide bonds. The van der Waals surface area contributed by atoms with Crippen LogP contribution in [0.3, 0.4) is 0 Å². The van der Waals surface area contributed by atoms with Gasteiger partial charge in [-0.1, -0.05) is 0 Å². The number of carboxylic acid groups (broad SMARTS) is 1. The molecule has 5 nitrogen and oxygen atoms in total. The summed E-state index contributed by atoms with van der Waals surface area (Å²) >= 11 is 0. The lowest BCUT2D eigenvalue weighted by Crippen LogP contribution is -2.12. The van der Waals surface area contributed by atoms with E-state index < -0.39 is 5.97 Å².